The molecule has 0 bridgehead atoms. The smallest absolute Gasteiger partial charge is 0.328 e. The van der Waals surface area contributed by atoms with Gasteiger partial charge in [0, 0.05) is 27.3 Å². The first-order valence-corrected chi connectivity index (χ1v) is 7.56. The fourth-order valence-electron chi connectivity index (χ4n) is 2.39. The summed E-state index contributed by atoms with van der Waals surface area (Å²) in [4.78, 5) is 15.5. The van der Waals surface area contributed by atoms with Gasteiger partial charge in [-0.2, -0.15) is 4.39 Å². The first-order chi connectivity index (χ1) is 11.0. The molecule has 0 fully saturated rings. The van der Waals surface area contributed by atoms with Crippen LogP contribution in [0.2, 0.25) is 0 Å². The third kappa shape index (κ3) is 2.87. The molecule has 1 N–H and O–H groups in total. The molecule has 2 heterocycles. The van der Waals surface area contributed by atoms with E-state index >= 15 is 0 Å². The summed E-state index contributed by atoms with van der Waals surface area (Å²) in [6.07, 6.45) is 3.47. The second kappa shape index (κ2) is 5.92. The van der Waals surface area contributed by atoms with Crippen LogP contribution in [0, 0.1) is 10.9 Å². The zero-order chi connectivity index (χ0) is 16.6. The topological polar surface area (TPSA) is 59.4 Å². The van der Waals surface area contributed by atoms with Crippen molar-refractivity contribution in [2.45, 2.75) is 6.92 Å². The molecule has 0 radical (unpaired) electrons. The quantitative estimate of drug-likeness (QED) is 0.870. The maximum Gasteiger partial charge on any atom is 0.328 e. The van der Waals surface area contributed by atoms with Gasteiger partial charge in [-0.1, -0.05) is 0 Å². The zero-order valence-corrected chi connectivity index (χ0v) is 12.8. The highest BCUT2D eigenvalue weighted by atomic mass is 32.1. The SMILES string of the molecule is CCOC1=c2ncc(F)cc2=CC(=CC(=O)O)c2sc(F)cc21. The summed E-state index contributed by atoms with van der Waals surface area (Å²) in [5.41, 5.74) is 0.681. The number of carboxylic acid groups (broad SMARTS) is 1. The summed E-state index contributed by atoms with van der Waals surface area (Å²) in [6, 6.07) is 2.51. The Bertz CT molecular complexity index is 947. The molecular formula is C16H11F2NO3S. The summed E-state index contributed by atoms with van der Waals surface area (Å²) < 4.78 is 32.9. The van der Waals surface area contributed by atoms with Crippen molar-refractivity contribution in [2.75, 3.05) is 6.61 Å². The summed E-state index contributed by atoms with van der Waals surface area (Å²) in [6.45, 7) is 2.07. The molecular weight excluding hydrogens is 324 g/mol. The van der Waals surface area contributed by atoms with Crippen molar-refractivity contribution in [1.29, 1.82) is 0 Å². The maximum atomic E-state index is 13.8. The van der Waals surface area contributed by atoms with Crippen molar-refractivity contribution < 1.29 is 23.4 Å². The van der Waals surface area contributed by atoms with Gasteiger partial charge in [0.05, 0.1) is 12.8 Å². The van der Waals surface area contributed by atoms with Crippen molar-refractivity contribution >= 4 is 34.7 Å². The zero-order valence-electron chi connectivity index (χ0n) is 12.0. The minimum Gasteiger partial charge on any atom is -0.491 e. The highest BCUT2D eigenvalue weighted by Crippen LogP contribution is 2.34. The number of halogens is 2. The second-order valence-corrected chi connectivity index (χ2v) is 5.73. The number of fused-ring (bicyclic) bond motifs is 2. The summed E-state index contributed by atoms with van der Waals surface area (Å²) in [5, 5.41) is 9.31. The van der Waals surface area contributed by atoms with Gasteiger partial charge in [-0.05, 0) is 25.1 Å². The molecule has 1 aliphatic rings. The first-order valence-electron chi connectivity index (χ1n) is 6.74. The summed E-state index contributed by atoms with van der Waals surface area (Å²) >= 11 is 0.806. The number of thiophene rings is 1. The normalized spacial score (nSPS) is 14.7. The van der Waals surface area contributed by atoms with E-state index in [1.54, 1.807) is 6.92 Å². The molecule has 0 saturated carbocycles. The lowest BCUT2D eigenvalue weighted by atomic mass is 10.1. The van der Waals surface area contributed by atoms with Gasteiger partial charge in [0.15, 0.2) is 10.9 Å². The number of allylic oxidation sites excluding steroid dienone is 1. The lowest BCUT2D eigenvalue weighted by Crippen LogP contribution is -2.31. The average Bonchev–Trinajstić information content (AvgIpc) is 2.82. The number of aromatic nitrogens is 1. The van der Waals surface area contributed by atoms with Crippen LogP contribution in [0.3, 0.4) is 0 Å². The molecule has 4 nitrogen and oxygen atoms in total. The Hall–Kier alpha value is -2.54. The van der Waals surface area contributed by atoms with E-state index in [0.717, 1.165) is 23.6 Å². The lowest BCUT2D eigenvalue weighted by Gasteiger charge is -2.08. The molecule has 118 valence electrons. The van der Waals surface area contributed by atoms with E-state index in [0.29, 0.717) is 33.4 Å². The fraction of sp³-hybridized carbons (Fsp3) is 0.125. The molecule has 1 aliphatic carbocycles. The van der Waals surface area contributed by atoms with E-state index in [-0.39, 0.29) is 5.57 Å². The molecule has 23 heavy (non-hydrogen) atoms. The fourth-order valence-corrected chi connectivity index (χ4v) is 3.26. The van der Waals surface area contributed by atoms with Crippen LogP contribution in [0.1, 0.15) is 17.4 Å². The summed E-state index contributed by atoms with van der Waals surface area (Å²) in [5.74, 6) is -1.42. The Kier molecular flexibility index (Phi) is 3.96. The number of hydrogen-bond acceptors (Lipinski definition) is 4. The van der Waals surface area contributed by atoms with Gasteiger partial charge >= 0.3 is 5.97 Å². The van der Waals surface area contributed by atoms with Gasteiger partial charge < -0.3 is 9.84 Å². The molecule has 2 aromatic rings. The average molecular weight is 335 g/mol. The number of carbonyl (C=O) groups is 1. The second-order valence-electron chi connectivity index (χ2n) is 4.73. The van der Waals surface area contributed by atoms with Crippen LogP contribution in [0.4, 0.5) is 8.78 Å². The van der Waals surface area contributed by atoms with Crippen molar-refractivity contribution in [3.63, 3.8) is 0 Å². The Morgan fingerprint density at radius 1 is 1.43 bits per heavy atom. The molecule has 2 aromatic heterocycles. The van der Waals surface area contributed by atoms with E-state index in [9.17, 15) is 13.6 Å². The number of aliphatic carboxylic acids is 1. The highest BCUT2D eigenvalue weighted by molar-refractivity contribution is 7.12. The Labute approximate surface area is 133 Å². The first kappa shape index (κ1) is 15.4. The van der Waals surface area contributed by atoms with Crippen LogP contribution < -0.4 is 10.6 Å². The van der Waals surface area contributed by atoms with Crippen LogP contribution >= 0.6 is 11.3 Å². The minimum atomic E-state index is -1.18. The van der Waals surface area contributed by atoms with Gasteiger partial charge in [-0.25, -0.2) is 14.2 Å². The van der Waals surface area contributed by atoms with Gasteiger partial charge in [0.1, 0.15) is 11.2 Å². The largest absolute Gasteiger partial charge is 0.491 e. The minimum absolute atomic E-state index is 0.268. The van der Waals surface area contributed by atoms with Crippen molar-refractivity contribution in [1.82, 2.24) is 4.98 Å². The van der Waals surface area contributed by atoms with Gasteiger partial charge in [0.25, 0.3) is 0 Å². The maximum absolute atomic E-state index is 13.8. The molecule has 0 amide bonds. The highest BCUT2D eigenvalue weighted by Gasteiger charge is 2.21. The van der Waals surface area contributed by atoms with Crippen LogP contribution in [-0.4, -0.2) is 22.7 Å². The standard InChI is InChI=1S/C16H11F2NO3S/c1-2-22-15-11-6-12(18)23-16(11)9(5-13(20)21)3-8-4-10(17)7-19-14(8)15/h3-7H,2H2,1H3,(H,20,21). The van der Waals surface area contributed by atoms with E-state index < -0.39 is 16.9 Å². The number of rotatable bonds is 3. The monoisotopic (exact) mass is 335 g/mol. The summed E-state index contributed by atoms with van der Waals surface area (Å²) in [7, 11) is 0. The number of hydrogen-bond donors (Lipinski definition) is 1. The lowest BCUT2D eigenvalue weighted by molar-refractivity contribution is -0.131. The third-order valence-corrected chi connectivity index (χ3v) is 4.16. The van der Waals surface area contributed by atoms with E-state index in [1.165, 1.54) is 18.2 Å². The van der Waals surface area contributed by atoms with E-state index in [4.69, 9.17) is 9.84 Å². The molecule has 0 aromatic carbocycles. The third-order valence-electron chi connectivity index (χ3n) is 3.19. The molecule has 7 heteroatoms. The van der Waals surface area contributed by atoms with E-state index in [1.807, 2.05) is 0 Å². The van der Waals surface area contributed by atoms with Crippen LogP contribution in [0.15, 0.2) is 24.4 Å². The van der Waals surface area contributed by atoms with Crippen molar-refractivity contribution in [2.24, 2.45) is 0 Å². The van der Waals surface area contributed by atoms with Crippen LogP contribution in [-0.2, 0) is 9.53 Å². The van der Waals surface area contributed by atoms with Crippen LogP contribution in [0.5, 0.6) is 0 Å². The van der Waals surface area contributed by atoms with Gasteiger partial charge in [0.2, 0.25) is 0 Å². The predicted molar refractivity (Wildman–Crippen MR) is 81.9 cm³/mol. The molecule has 3 rings (SSSR count). The predicted octanol–water partition coefficient (Wildman–Crippen LogP) is 1.88. The Morgan fingerprint density at radius 2 is 2.22 bits per heavy atom. The number of nitrogens with zero attached hydrogens (tertiary/aromatic N) is 1. The molecule has 0 unspecified atom stereocenters. The van der Waals surface area contributed by atoms with E-state index in [2.05, 4.69) is 4.98 Å². The van der Waals surface area contributed by atoms with Crippen molar-refractivity contribution in [3.05, 3.63) is 56.4 Å². The number of ether oxygens (including phenoxy) is 1. The van der Waals surface area contributed by atoms with Crippen molar-refractivity contribution in [3.8, 4) is 0 Å². The Balaban J connectivity index is 2.45. The number of carboxylic acids is 1. The molecule has 0 atom stereocenters. The number of pyridine rings is 1. The van der Waals surface area contributed by atoms with Gasteiger partial charge in [-0.3, -0.25) is 0 Å². The molecule has 0 aliphatic heterocycles. The van der Waals surface area contributed by atoms with Gasteiger partial charge in [-0.15, -0.1) is 11.3 Å². The Morgan fingerprint density at radius 3 is 2.91 bits per heavy atom. The molecule has 0 spiro atoms. The van der Waals surface area contributed by atoms with Crippen LogP contribution in [0.25, 0.3) is 17.4 Å². The molecule has 0 saturated heterocycles.